The first-order chi connectivity index (χ1) is 9.03. The molecular weight excluding hydrogens is 234 g/mol. The smallest absolute Gasteiger partial charge is 0.0772 e. The van der Waals surface area contributed by atoms with Gasteiger partial charge in [0.25, 0.3) is 0 Å². The third-order valence-corrected chi connectivity index (χ3v) is 3.08. The van der Waals surface area contributed by atoms with E-state index in [0.29, 0.717) is 18.1 Å². The molecule has 0 rings (SSSR count). The van der Waals surface area contributed by atoms with Crippen molar-refractivity contribution < 1.29 is 0 Å². The summed E-state index contributed by atoms with van der Waals surface area (Å²) in [4.78, 5) is 0. The summed E-state index contributed by atoms with van der Waals surface area (Å²) in [6, 6.07) is 0.474. The number of nitrogens with one attached hydrogen (secondary N) is 3. The molecule has 0 spiro atoms. The zero-order valence-electron chi connectivity index (χ0n) is 13.4. The largest absolute Gasteiger partial charge is 0.374 e. The molecule has 0 amide bonds. The SMILES string of the molecule is C=CC(CCNC)CC(N/C(C)=C/CC)NC(C)C. The molecule has 0 bridgehead atoms. The van der Waals surface area contributed by atoms with Gasteiger partial charge in [-0.05, 0) is 59.5 Å². The average Bonchev–Trinajstić information content (AvgIpc) is 2.33. The highest BCUT2D eigenvalue weighted by molar-refractivity contribution is 4.97. The molecule has 0 aliphatic heterocycles. The number of hydrogen-bond acceptors (Lipinski definition) is 3. The fourth-order valence-electron chi connectivity index (χ4n) is 2.18. The predicted molar refractivity (Wildman–Crippen MR) is 86.1 cm³/mol. The van der Waals surface area contributed by atoms with E-state index in [2.05, 4.69) is 62.4 Å². The van der Waals surface area contributed by atoms with E-state index in [1.807, 2.05) is 7.05 Å². The average molecular weight is 267 g/mol. The van der Waals surface area contributed by atoms with Crippen LogP contribution in [-0.2, 0) is 0 Å². The molecule has 0 fully saturated rings. The zero-order valence-corrected chi connectivity index (χ0v) is 13.4. The Hall–Kier alpha value is -0.800. The summed E-state index contributed by atoms with van der Waals surface area (Å²) in [5, 5.41) is 10.4. The summed E-state index contributed by atoms with van der Waals surface area (Å²) >= 11 is 0. The molecule has 112 valence electrons. The van der Waals surface area contributed by atoms with Gasteiger partial charge < -0.3 is 10.6 Å². The summed E-state index contributed by atoms with van der Waals surface area (Å²) in [6.07, 6.45) is 7.88. The van der Waals surface area contributed by atoms with Crippen molar-refractivity contribution in [1.29, 1.82) is 0 Å². The maximum absolute atomic E-state index is 3.96. The van der Waals surface area contributed by atoms with Crippen LogP contribution in [-0.4, -0.2) is 25.8 Å². The first-order valence-electron chi connectivity index (χ1n) is 7.49. The molecule has 0 radical (unpaired) electrons. The van der Waals surface area contributed by atoms with E-state index in [-0.39, 0.29) is 0 Å². The molecule has 3 nitrogen and oxygen atoms in total. The second-order valence-corrected chi connectivity index (χ2v) is 5.44. The molecule has 0 aromatic carbocycles. The molecule has 0 saturated heterocycles. The first-order valence-corrected chi connectivity index (χ1v) is 7.49. The van der Waals surface area contributed by atoms with Crippen LogP contribution >= 0.6 is 0 Å². The molecule has 0 saturated carbocycles. The van der Waals surface area contributed by atoms with Crippen molar-refractivity contribution >= 4 is 0 Å². The lowest BCUT2D eigenvalue weighted by Gasteiger charge is -2.27. The second-order valence-electron chi connectivity index (χ2n) is 5.44. The van der Waals surface area contributed by atoms with Gasteiger partial charge >= 0.3 is 0 Å². The molecule has 0 heterocycles. The van der Waals surface area contributed by atoms with Crippen LogP contribution < -0.4 is 16.0 Å². The Kier molecular flexibility index (Phi) is 10.6. The second kappa shape index (κ2) is 11.1. The van der Waals surface area contributed by atoms with Crippen LogP contribution in [0.5, 0.6) is 0 Å². The quantitative estimate of drug-likeness (QED) is 0.398. The fraction of sp³-hybridized carbons (Fsp3) is 0.750. The Morgan fingerprint density at radius 3 is 2.47 bits per heavy atom. The summed E-state index contributed by atoms with van der Waals surface area (Å²) in [7, 11) is 2.00. The van der Waals surface area contributed by atoms with E-state index in [9.17, 15) is 0 Å². The predicted octanol–water partition coefficient (Wildman–Crippen LogP) is 3.02. The van der Waals surface area contributed by atoms with Crippen LogP contribution in [0.25, 0.3) is 0 Å². The maximum atomic E-state index is 3.96. The molecule has 0 aliphatic rings. The third kappa shape index (κ3) is 9.74. The van der Waals surface area contributed by atoms with Gasteiger partial charge in [0.2, 0.25) is 0 Å². The summed E-state index contributed by atoms with van der Waals surface area (Å²) in [6.45, 7) is 13.7. The lowest BCUT2D eigenvalue weighted by molar-refractivity contribution is 0.351. The van der Waals surface area contributed by atoms with E-state index < -0.39 is 0 Å². The van der Waals surface area contributed by atoms with Gasteiger partial charge in [0.1, 0.15) is 0 Å². The molecular formula is C16H33N3. The van der Waals surface area contributed by atoms with Gasteiger partial charge in [0, 0.05) is 11.7 Å². The molecule has 0 aromatic heterocycles. The molecule has 19 heavy (non-hydrogen) atoms. The van der Waals surface area contributed by atoms with Crippen molar-refractivity contribution in [1.82, 2.24) is 16.0 Å². The van der Waals surface area contributed by atoms with E-state index >= 15 is 0 Å². The van der Waals surface area contributed by atoms with Crippen LogP contribution in [0.4, 0.5) is 0 Å². The van der Waals surface area contributed by atoms with Gasteiger partial charge in [-0.3, -0.25) is 5.32 Å². The highest BCUT2D eigenvalue weighted by Crippen LogP contribution is 2.12. The van der Waals surface area contributed by atoms with E-state index in [1.54, 1.807) is 0 Å². The highest BCUT2D eigenvalue weighted by atomic mass is 15.1. The number of rotatable bonds is 11. The first kappa shape index (κ1) is 18.2. The summed E-state index contributed by atoms with van der Waals surface area (Å²) < 4.78 is 0. The number of hydrogen-bond donors (Lipinski definition) is 3. The maximum Gasteiger partial charge on any atom is 0.0772 e. The normalized spacial score (nSPS) is 15.4. The number of allylic oxidation sites excluding steroid dienone is 3. The van der Waals surface area contributed by atoms with Crippen molar-refractivity contribution in [2.75, 3.05) is 13.6 Å². The van der Waals surface area contributed by atoms with Crippen LogP contribution in [0.1, 0.15) is 47.0 Å². The van der Waals surface area contributed by atoms with Crippen molar-refractivity contribution in [3.8, 4) is 0 Å². The van der Waals surface area contributed by atoms with Gasteiger partial charge in [-0.1, -0.05) is 19.1 Å². The van der Waals surface area contributed by atoms with Crippen molar-refractivity contribution in [2.45, 2.75) is 59.2 Å². The van der Waals surface area contributed by atoms with Gasteiger partial charge in [-0.15, -0.1) is 6.58 Å². The fourth-order valence-corrected chi connectivity index (χ4v) is 2.18. The molecule has 2 unspecified atom stereocenters. The molecule has 3 N–H and O–H groups in total. The third-order valence-electron chi connectivity index (χ3n) is 3.08. The van der Waals surface area contributed by atoms with E-state index in [1.165, 1.54) is 5.70 Å². The Morgan fingerprint density at radius 1 is 1.32 bits per heavy atom. The Labute approximate surface area is 119 Å². The molecule has 0 aliphatic carbocycles. The lowest BCUT2D eigenvalue weighted by Crippen LogP contribution is -2.45. The van der Waals surface area contributed by atoms with E-state index in [0.717, 1.165) is 25.8 Å². The highest BCUT2D eigenvalue weighted by Gasteiger charge is 2.14. The molecule has 3 heteroatoms. The topological polar surface area (TPSA) is 36.1 Å². The Balaban J connectivity index is 4.46. The van der Waals surface area contributed by atoms with Crippen LogP contribution in [0, 0.1) is 5.92 Å². The molecule has 0 aromatic rings. The minimum absolute atomic E-state index is 0.308. The minimum atomic E-state index is 0.308. The zero-order chi connectivity index (χ0) is 14.7. The lowest BCUT2D eigenvalue weighted by atomic mass is 9.99. The standard InChI is InChI=1S/C16H33N3/c1-7-9-14(5)19-16(18-13(3)4)12-15(8-2)10-11-17-6/h8-9,13,15-19H,2,7,10-12H2,1,3-6H3/b14-9+. The monoisotopic (exact) mass is 267 g/mol. The van der Waals surface area contributed by atoms with Crippen molar-refractivity contribution in [3.63, 3.8) is 0 Å². The molecule has 2 atom stereocenters. The summed E-state index contributed by atoms with van der Waals surface area (Å²) in [5.74, 6) is 0.533. The van der Waals surface area contributed by atoms with E-state index in [4.69, 9.17) is 0 Å². The van der Waals surface area contributed by atoms with Crippen molar-refractivity contribution in [3.05, 3.63) is 24.4 Å². The van der Waals surface area contributed by atoms with Crippen LogP contribution in [0.3, 0.4) is 0 Å². The van der Waals surface area contributed by atoms with Gasteiger partial charge in [-0.25, -0.2) is 0 Å². The summed E-state index contributed by atoms with van der Waals surface area (Å²) in [5.41, 5.74) is 1.25. The Morgan fingerprint density at radius 2 is 2.00 bits per heavy atom. The van der Waals surface area contributed by atoms with Gasteiger partial charge in [-0.2, -0.15) is 0 Å². The van der Waals surface area contributed by atoms with Crippen LogP contribution in [0.2, 0.25) is 0 Å². The van der Waals surface area contributed by atoms with Gasteiger partial charge in [0.05, 0.1) is 6.17 Å². The Bertz CT molecular complexity index is 259. The van der Waals surface area contributed by atoms with Crippen molar-refractivity contribution in [2.24, 2.45) is 5.92 Å². The minimum Gasteiger partial charge on any atom is -0.374 e. The van der Waals surface area contributed by atoms with Crippen LogP contribution in [0.15, 0.2) is 24.4 Å². The van der Waals surface area contributed by atoms with Gasteiger partial charge in [0.15, 0.2) is 0 Å².